The number of aromatic nitrogens is 2. The number of thiocarbonyl (C=S) groups is 1. The van der Waals surface area contributed by atoms with E-state index >= 15 is 0 Å². The number of carbonyl (C=O) groups is 1. The van der Waals surface area contributed by atoms with Gasteiger partial charge in [-0.15, -0.1) is 0 Å². The second-order valence-corrected chi connectivity index (χ2v) is 7.26. The number of hydrogen-bond acceptors (Lipinski definition) is 8. The molecule has 0 atom stereocenters. The number of methoxy groups -OCH3 is 2. The van der Waals surface area contributed by atoms with E-state index in [0.717, 1.165) is 16.5 Å². The largest absolute Gasteiger partial charge is 0.491 e. The van der Waals surface area contributed by atoms with Gasteiger partial charge in [0.15, 0.2) is 5.75 Å². The smallest absolute Gasteiger partial charge is 0.263 e. The molecular weight excluding hydrogens is 386 g/mol. The van der Waals surface area contributed by atoms with Crippen molar-refractivity contribution in [3.05, 3.63) is 41.4 Å². The van der Waals surface area contributed by atoms with Crippen LogP contribution in [0.5, 0.6) is 11.6 Å². The van der Waals surface area contributed by atoms with Crippen LogP contribution < -0.4 is 14.8 Å². The molecule has 1 saturated heterocycles. The van der Waals surface area contributed by atoms with Crippen LogP contribution >= 0.6 is 24.0 Å². The Morgan fingerprint density at radius 3 is 2.78 bits per heavy atom. The van der Waals surface area contributed by atoms with Crippen molar-refractivity contribution < 1.29 is 18.7 Å². The summed E-state index contributed by atoms with van der Waals surface area (Å²) in [6, 6.07) is 3.63. The lowest BCUT2D eigenvalue weighted by Gasteiger charge is -2.08. The van der Waals surface area contributed by atoms with Gasteiger partial charge in [0.25, 0.3) is 11.8 Å². The Kier molecular flexibility index (Phi) is 4.54. The Balaban J connectivity index is 1.79. The minimum Gasteiger partial charge on any atom is -0.491 e. The quantitative estimate of drug-likeness (QED) is 0.528. The fourth-order valence-electron chi connectivity index (χ4n) is 2.69. The first-order chi connectivity index (χ1) is 13.1. The van der Waals surface area contributed by atoms with Gasteiger partial charge in [0.1, 0.15) is 15.7 Å². The number of nitrogens with one attached hydrogen (secondary N) is 1. The van der Waals surface area contributed by atoms with Gasteiger partial charge in [-0.2, -0.15) is 0 Å². The van der Waals surface area contributed by atoms with Crippen molar-refractivity contribution in [1.29, 1.82) is 0 Å². The highest BCUT2D eigenvalue weighted by Gasteiger charge is 2.23. The number of furan rings is 1. The van der Waals surface area contributed by atoms with Gasteiger partial charge in [-0.1, -0.05) is 24.0 Å². The average molecular weight is 399 g/mol. The molecule has 0 spiro atoms. The first-order valence-electron chi connectivity index (χ1n) is 7.80. The molecule has 136 valence electrons. The Morgan fingerprint density at radius 1 is 1.22 bits per heavy atom. The van der Waals surface area contributed by atoms with Crippen LogP contribution in [-0.2, 0) is 4.79 Å². The number of nitrogens with zero attached hydrogens (tertiary/aromatic N) is 2. The van der Waals surface area contributed by atoms with Gasteiger partial charge in [-0.05, 0) is 12.1 Å². The van der Waals surface area contributed by atoms with Gasteiger partial charge in [0, 0.05) is 41.2 Å². The summed E-state index contributed by atoms with van der Waals surface area (Å²) in [5, 5.41) is 3.39. The number of rotatable bonds is 4. The van der Waals surface area contributed by atoms with Crippen LogP contribution in [0.2, 0.25) is 0 Å². The molecule has 1 aliphatic heterocycles. The molecule has 1 aliphatic rings. The molecule has 1 amide bonds. The Bertz CT molecular complexity index is 1110. The summed E-state index contributed by atoms with van der Waals surface area (Å²) >= 11 is 6.21. The lowest BCUT2D eigenvalue weighted by molar-refractivity contribution is -0.115. The van der Waals surface area contributed by atoms with Crippen molar-refractivity contribution in [3.63, 3.8) is 0 Å². The molecule has 7 nitrogen and oxygen atoms in total. The molecule has 4 rings (SSSR count). The second kappa shape index (κ2) is 7.01. The first kappa shape index (κ1) is 17.5. The standard InChI is InChI=1S/C18H13N3O4S2/c1-23-13-4-9(7-20-17(13)24-2)12-8-19-6-10-3-11(25-15(10)12)5-14-16(22)21-18(26)27-14/h3-8H,1-2H3,(H,21,22,26)/b14-5-. The maximum atomic E-state index is 11.8. The third-order valence-electron chi connectivity index (χ3n) is 3.90. The third-order valence-corrected chi connectivity index (χ3v) is 5.06. The molecular formula is C18H13N3O4S2. The lowest BCUT2D eigenvalue weighted by atomic mass is 10.1. The molecule has 0 aromatic carbocycles. The van der Waals surface area contributed by atoms with Gasteiger partial charge < -0.3 is 19.2 Å². The van der Waals surface area contributed by atoms with E-state index in [0.29, 0.717) is 32.2 Å². The minimum atomic E-state index is -0.229. The second-order valence-electron chi connectivity index (χ2n) is 5.54. The molecule has 0 saturated carbocycles. The summed E-state index contributed by atoms with van der Waals surface area (Å²) < 4.78 is 16.9. The maximum absolute atomic E-state index is 11.8. The maximum Gasteiger partial charge on any atom is 0.263 e. The van der Waals surface area contributed by atoms with Crippen molar-refractivity contribution >= 4 is 51.3 Å². The number of hydrogen-bond donors (Lipinski definition) is 1. The molecule has 0 aliphatic carbocycles. The zero-order chi connectivity index (χ0) is 19.0. The number of ether oxygens (including phenoxy) is 2. The van der Waals surface area contributed by atoms with Gasteiger partial charge >= 0.3 is 0 Å². The highest BCUT2D eigenvalue weighted by molar-refractivity contribution is 8.26. The van der Waals surface area contributed by atoms with E-state index < -0.39 is 0 Å². The molecule has 9 heteroatoms. The molecule has 1 fully saturated rings. The molecule has 1 N–H and O–H groups in total. The summed E-state index contributed by atoms with van der Waals surface area (Å²) in [6.45, 7) is 0. The Morgan fingerprint density at radius 2 is 2.07 bits per heavy atom. The normalized spacial score (nSPS) is 15.4. The molecule has 27 heavy (non-hydrogen) atoms. The number of amides is 1. The Labute approximate surface area is 163 Å². The number of pyridine rings is 2. The summed E-state index contributed by atoms with van der Waals surface area (Å²) in [7, 11) is 3.08. The first-order valence-corrected chi connectivity index (χ1v) is 9.02. The van der Waals surface area contributed by atoms with Gasteiger partial charge in [0.2, 0.25) is 0 Å². The predicted molar refractivity (Wildman–Crippen MR) is 107 cm³/mol. The number of thioether (sulfide) groups is 1. The van der Waals surface area contributed by atoms with Crippen LogP contribution in [0.25, 0.3) is 28.2 Å². The van der Waals surface area contributed by atoms with Gasteiger partial charge in [-0.25, -0.2) is 4.98 Å². The molecule has 0 radical (unpaired) electrons. The van der Waals surface area contributed by atoms with E-state index in [-0.39, 0.29) is 5.91 Å². The van der Waals surface area contributed by atoms with Crippen molar-refractivity contribution in [1.82, 2.24) is 15.3 Å². The fraction of sp³-hybridized carbons (Fsp3) is 0.111. The van der Waals surface area contributed by atoms with Crippen LogP contribution in [0, 0.1) is 0 Å². The Hall–Kier alpha value is -2.91. The van der Waals surface area contributed by atoms with E-state index in [2.05, 4.69) is 15.3 Å². The number of fused-ring (bicyclic) bond motifs is 1. The SMILES string of the molecule is COc1cc(-c2cncc3cc(/C=C4\SC(=S)NC4=O)oc23)cnc1OC. The minimum absolute atomic E-state index is 0.229. The summed E-state index contributed by atoms with van der Waals surface area (Å²) in [5.74, 6) is 1.21. The molecule has 0 bridgehead atoms. The van der Waals surface area contributed by atoms with Gasteiger partial charge in [-0.3, -0.25) is 9.78 Å². The average Bonchev–Trinajstić information content (AvgIpc) is 3.22. The van der Waals surface area contributed by atoms with Crippen molar-refractivity contribution in [2.45, 2.75) is 0 Å². The van der Waals surface area contributed by atoms with E-state index in [1.165, 1.54) is 18.9 Å². The van der Waals surface area contributed by atoms with Crippen LogP contribution in [0.1, 0.15) is 5.76 Å². The van der Waals surface area contributed by atoms with Gasteiger partial charge in [0.05, 0.1) is 19.1 Å². The molecule has 0 unspecified atom stereocenters. The highest BCUT2D eigenvalue weighted by Crippen LogP contribution is 2.35. The molecule has 3 aromatic rings. The van der Waals surface area contributed by atoms with E-state index in [1.54, 1.807) is 31.8 Å². The van der Waals surface area contributed by atoms with Crippen LogP contribution in [0.15, 0.2) is 40.0 Å². The fourth-order valence-corrected chi connectivity index (χ4v) is 3.71. The van der Waals surface area contributed by atoms with Crippen molar-refractivity contribution in [2.75, 3.05) is 14.2 Å². The predicted octanol–water partition coefficient (Wildman–Crippen LogP) is 3.40. The summed E-state index contributed by atoms with van der Waals surface area (Å²) in [4.78, 5) is 20.9. The van der Waals surface area contributed by atoms with E-state index in [1.807, 2.05) is 12.1 Å². The molecule has 4 heterocycles. The number of carbonyl (C=O) groups excluding carboxylic acids is 1. The topological polar surface area (TPSA) is 86.5 Å². The van der Waals surface area contributed by atoms with E-state index in [9.17, 15) is 4.79 Å². The summed E-state index contributed by atoms with van der Waals surface area (Å²) in [6.07, 6.45) is 6.72. The van der Waals surface area contributed by atoms with Crippen LogP contribution in [-0.4, -0.2) is 34.4 Å². The van der Waals surface area contributed by atoms with Crippen molar-refractivity contribution in [3.8, 4) is 22.8 Å². The van der Waals surface area contributed by atoms with E-state index in [4.69, 9.17) is 26.1 Å². The third kappa shape index (κ3) is 3.26. The zero-order valence-corrected chi connectivity index (χ0v) is 15.9. The summed E-state index contributed by atoms with van der Waals surface area (Å²) in [5.41, 5.74) is 2.16. The zero-order valence-electron chi connectivity index (χ0n) is 14.3. The van der Waals surface area contributed by atoms with Crippen LogP contribution in [0.4, 0.5) is 0 Å². The van der Waals surface area contributed by atoms with Crippen LogP contribution in [0.3, 0.4) is 0 Å². The highest BCUT2D eigenvalue weighted by atomic mass is 32.2. The molecule has 3 aromatic heterocycles. The monoisotopic (exact) mass is 399 g/mol. The lowest BCUT2D eigenvalue weighted by Crippen LogP contribution is -2.17. The van der Waals surface area contributed by atoms with Crippen molar-refractivity contribution in [2.24, 2.45) is 0 Å².